The van der Waals surface area contributed by atoms with Gasteiger partial charge in [0.15, 0.2) is 0 Å². The molecule has 2 saturated heterocycles. The van der Waals surface area contributed by atoms with Crippen LogP contribution in [0.15, 0.2) is 24.7 Å². The average molecular weight is 384 g/mol. The van der Waals surface area contributed by atoms with Crippen molar-refractivity contribution in [3.8, 4) is 0 Å². The Hall–Kier alpha value is -2.48. The molecule has 2 atom stereocenters. The van der Waals surface area contributed by atoms with Crippen molar-refractivity contribution < 1.29 is 4.79 Å². The predicted octanol–water partition coefficient (Wildman–Crippen LogP) is 1.56. The predicted molar refractivity (Wildman–Crippen MR) is 107 cm³/mol. The second-order valence-corrected chi connectivity index (χ2v) is 7.66. The number of carbonyl (C=O) groups excluding carboxylic acids is 1. The number of anilines is 1. The van der Waals surface area contributed by atoms with Gasteiger partial charge in [-0.25, -0.2) is 9.97 Å². The first kappa shape index (κ1) is 18.9. The topological polar surface area (TPSA) is 88.0 Å². The number of aryl methyl sites for hydroxylation is 1. The fraction of sp³-hybridized carbons (Fsp3) is 0.600. The van der Waals surface area contributed by atoms with E-state index >= 15 is 0 Å². The summed E-state index contributed by atoms with van der Waals surface area (Å²) >= 11 is 0. The number of carbonyl (C=O) groups is 1. The van der Waals surface area contributed by atoms with Gasteiger partial charge in [-0.15, -0.1) is 0 Å². The molecule has 0 saturated carbocycles. The Morgan fingerprint density at radius 3 is 3.07 bits per heavy atom. The molecule has 28 heavy (non-hydrogen) atoms. The van der Waals surface area contributed by atoms with Gasteiger partial charge in [0.2, 0.25) is 0 Å². The van der Waals surface area contributed by atoms with Crippen LogP contribution >= 0.6 is 0 Å². The maximum Gasteiger partial charge on any atom is 0.272 e. The number of rotatable bonds is 5. The van der Waals surface area contributed by atoms with Crippen molar-refractivity contribution in [3.63, 3.8) is 0 Å². The second kappa shape index (κ2) is 8.68. The Labute approximate surface area is 165 Å². The van der Waals surface area contributed by atoms with E-state index in [1.165, 1.54) is 0 Å². The molecule has 8 heteroatoms. The highest BCUT2D eigenvalue weighted by molar-refractivity contribution is 5.92. The Morgan fingerprint density at radius 2 is 2.25 bits per heavy atom. The molecular weight excluding hydrogens is 354 g/mol. The molecule has 0 spiro atoms. The molecule has 2 aliphatic rings. The molecular formula is C20H29N7O. The summed E-state index contributed by atoms with van der Waals surface area (Å²) in [7, 11) is 0. The molecule has 0 aromatic carbocycles. The lowest BCUT2D eigenvalue weighted by Gasteiger charge is -2.33. The third-order valence-corrected chi connectivity index (χ3v) is 5.64. The van der Waals surface area contributed by atoms with E-state index in [0.717, 1.165) is 69.8 Å². The van der Waals surface area contributed by atoms with Crippen LogP contribution in [-0.2, 0) is 6.42 Å². The van der Waals surface area contributed by atoms with E-state index in [-0.39, 0.29) is 11.9 Å². The van der Waals surface area contributed by atoms with Crippen LogP contribution < -0.4 is 15.5 Å². The molecule has 1 amide bonds. The van der Waals surface area contributed by atoms with Crippen LogP contribution in [0.25, 0.3) is 0 Å². The second-order valence-electron chi connectivity index (χ2n) is 7.66. The van der Waals surface area contributed by atoms with E-state index < -0.39 is 0 Å². The van der Waals surface area contributed by atoms with Gasteiger partial charge in [0.1, 0.15) is 17.8 Å². The van der Waals surface area contributed by atoms with Crippen molar-refractivity contribution in [2.75, 3.05) is 31.1 Å². The van der Waals surface area contributed by atoms with Crippen LogP contribution in [0.5, 0.6) is 0 Å². The number of amides is 1. The van der Waals surface area contributed by atoms with Crippen LogP contribution in [0.2, 0.25) is 0 Å². The summed E-state index contributed by atoms with van der Waals surface area (Å²) in [5.41, 5.74) is 1.54. The molecule has 0 radical (unpaired) electrons. The minimum Gasteiger partial charge on any atom is -0.354 e. The van der Waals surface area contributed by atoms with Crippen LogP contribution in [0.4, 0.5) is 5.82 Å². The summed E-state index contributed by atoms with van der Waals surface area (Å²) in [4.78, 5) is 23.6. The highest BCUT2D eigenvalue weighted by Gasteiger charge is 2.24. The van der Waals surface area contributed by atoms with Gasteiger partial charge < -0.3 is 15.5 Å². The molecule has 0 aliphatic carbocycles. The summed E-state index contributed by atoms with van der Waals surface area (Å²) in [6, 6.07) is 4.31. The van der Waals surface area contributed by atoms with Crippen molar-refractivity contribution in [2.24, 2.45) is 0 Å². The Kier molecular flexibility index (Phi) is 5.85. The fourth-order valence-corrected chi connectivity index (χ4v) is 4.04. The molecule has 150 valence electrons. The summed E-state index contributed by atoms with van der Waals surface area (Å²) in [6.45, 7) is 5.79. The Morgan fingerprint density at radius 1 is 1.32 bits per heavy atom. The first-order chi connectivity index (χ1) is 13.7. The minimum atomic E-state index is -0.0914. The van der Waals surface area contributed by atoms with E-state index in [0.29, 0.717) is 11.7 Å². The van der Waals surface area contributed by atoms with Gasteiger partial charge in [0.05, 0.1) is 6.04 Å². The zero-order valence-corrected chi connectivity index (χ0v) is 16.5. The number of aromatic nitrogens is 4. The fourth-order valence-electron chi connectivity index (χ4n) is 4.04. The van der Waals surface area contributed by atoms with Crippen molar-refractivity contribution in [1.29, 1.82) is 0 Å². The van der Waals surface area contributed by atoms with Crippen molar-refractivity contribution in [1.82, 2.24) is 30.4 Å². The highest BCUT2D eigenvalue weighted by Crippen LogP contribution is 2.19. The zero-order chi connectivity index (χ0) is 19.3. The summed E-state index contributed by atoms with van der Waals surface area (Å²) in [5.74, 6) is 0.853. The van der Waals surface area contributed by atoms with Gasteiger partial charge in [-0.2, -0.15) is 5.10 Å². The lowest BCUT2D eigenvalue weighted by atomic mass is 10.1. The van der Waals surface area contributed by atoms with Crippen LogP contribution in [0.1, 0.15) is 54.8 Å². The van der Waals surface area contributed by atoms with E-state index in [4.69, 9.17) is 0 Å². The normalized spacial score (nSPS) is 22.8. The van der Waals surface area contributed by atoms with E-state index in [2.05, 4.69) is 37.5 Å². The summed E-state index contributed by atoms with van der Waals surface area (Å²) < 4.78 is 1.93. The van der Waals surface area contributed by atoms with Crippen molar-refractivity contribution in [2.45, 2.75) is 51.1 Å². The highest BCUT2D eigenvalue weighted by atomic mass is 16.2. The van der Waals surface area contributed by atoms with Crippen LogP contribution in [0, 0.1) is 0 Å². The molecule has 8 nitrogen and oxygen atoms in total. The van der Waals surface area contributed by atoms with Gasteiger partial charge in [0, 0.05) is 43.6 Å². The number of piperidine rings is 2. The number of hydrogen-bond donors (Lipinski definition) is 2. The Balaban J connectivity index is 1.37. The number of nitrogens with one attached hydrogen (secondary N) is 2. The van der Waals surface area contributed by atoms with E-state index in [1.807, 2.05) is 23.0 Å². The molecule has 2 fully saturated rings. The zero-order valence-electron chi connectivity index (χ0n) is 16.5. The molecule has 4 heterocycles. The number of nitrogens with zero attached hydrogens (tertiary/aromatic N) is 5. The van der Waals surface area contributed by atoms with Crippen LogP contribution in [0.3, 0.4) is 0 Å². The lowest BCUT2D eigenvalue weighted by molar-refractivity contribution is 0.0926. The maximum atomic E-state index is 12.7. The summed E-state index contributed by atoms with van der Waals surface area (Å²) in [6.07, 6.45) is 8.69. The van der Waals surface area contributed by atoms with Crippen molar-refractivity contribution in [3.05, 3.63) is 36.0 Å². The van der Waals surface area contributed by atoms with Gasteiger partial charge in [-0.05, 0) is 44.7 Å². The van der Waals surface area contributed by atoms with E-state index in [9.17, 15) is 4.79 Å². The molecule has 2 N–H and O–H groups in total. The Bertz CT molecular complexity index is 799. The van der Waals surface area contributed by atoms with Gasteiger partial charge in [0.25, 0.3) is 5.91 Å². The third kappa shape index (κ3) is 4.32. The maximum absolute atomic E-state index is 12.7. The first-order valence-electron chi connectivity index (χ1n) is 10.4. The van der Waals surface area contributed by atoms with Gasteiger partial charge >= 0.3 is 0 Å². The molecule has 2 aromatic rings. The van der Waals surface area contributed by atoms with Gasteiger partial charge in [-0.3, -0.25) is 9.48 Å². The third-order valence-electron chi connectivity index (χ3n) is 5.64. The lowest BCUT2D eigenvalue weighted by Crippen LogP contribution is -2.48. The van der Waals surface area contributed by atoms with Crippen LogP contribution in [-0.4, -0.2) is 57.9 Å². The largest absolute Gasteiger partial charge is 0.354 e. The molecule has 0 bridgehead atoms. The van der Waals surface area contributed by atoms with Gasteiger partial charge in [-0.1, -0.05) is 6.92 Å². The molecule has 2 unspecified atom stereocenters. The average Bonchev–Trinajstić information content (AvgIpc) is 3.25. The molecule has 2 aromatic heterocycles. The number of hydrogen-bond acceptors (Lipinski definition) is 6. The van der Waals surface area contributed by atoms with Crippen molar-refractivity contribution >= 4 is 11.7 Å². The molecule has 4 rings (SSSR count). The minimum absolute atomic E-state index is 0.0914. The van der Waals surface area contributed by atoms with E-state index in [1.54, 1.807) is 6.33 Å². The molecule has 2 aliphatic heterocycles. The summed E-state index contributed by atoms with van der Waals surface area (Å²) in [5, 5.41) is 11.1. The monoisotopic (exact) mass is 383 g/mol. The first-order valence-corrected chi connectivity index (χ1v) is 10.4. The quantitative estimate of drug-likeness (QED) is 0.815. The smallest absolute Gasteiger partial charge is 0.272 e. The standard InChI is InChI=1S/C20H29N7O/c1-2-15-11-19(23-14-22-15)26-9-4-5-16(13-26)24-20(28)18-7-10-27(25-18)17-6-3-8-21-12-17/h7,10-11,14,16-17,21H,2-6,8-9,12-13H2,1H3,(H,24,28). The SMILES string of the molecule is CCc1cc(N2CCCC(NC(=O)c3ccn(C4CCCNC4)n3)C2)ncn1.